The third-order valence-electron chi connectivity index (χ3n) is 2.58. The molecule has 0 spiro atoms. The van der Waals surface area contributed by atoms with Gasteiger partial charge in [-0.2, -0.15) is 0 Å². The van der Waals surface area contributed by atoms with Crippen LogP contribution in [0.15, 0.2) is 45.3 Å². The van der Waals surface area contributed by atoms with Crippen LogP contribution < -0.4 is 4.74 Å². The van der Waals surface area contributed by atoms with Crippen molar-refractivity contribution in [3.63, 3.8) is 0 Å². The van der Waals surface area contributed by atoms with Crippen molar-refractivity contribution in [2.24, 2.45) is 0 Å². The third-order valence-corrected chi connectivity index (χ3v) is 3.81. The van der Waals surface area contributed by atoms with Crippen molar-refractivity contribution in [3.05, 3.63) is 62.3 Å². The molecule has 0 saturated heterocycles. The Kier molecular flexibility index (Phi) is 4.77. The van der Waals surface area contributed by atoms with Gasteiger partial charge in [-0.15, -0.1) is 0 Å². The van der Waals surface area contributed by atoms with E-state index in [0.29, 0.717) is 8.95 Å². The summed E-state index contributed by atoms with van der Waals surface area (Å²) in [4.78, 5) is 10.8. The van der Waals surface area contributed by atoms with Crippen LogP contribution in [0.4, 0.5) is 4.39 Å². The van der Waals surface area contributed by atoms with Crippen molar-refractivity contribution in [1.82, 2.24) is 0 Å². The lowest BCUT2D eigenvalue weighted by molar-refractivity contribution is 0.0696. The summed E-state index contributed by atoms with van der Waals surface area (Å²) in [6.07, 6.45) is 0. The van der Waals surface area contributed by atoms with Crippen LogP contribution in [0.3, 0.4) is 0 Å². The number of carboxylic acid groups (broad SMARTS) is 1. The molecule has 0 aliphatic carbocycles. The van der Waals surface area contributed by atoms with E-state index in [1.807, 2.05) is 0 Å². The normalized spacial score (nSPS) is 10.3. The van der Waals surface area contributed by atoms with Gasteiger partial charge in [0.2, 0.25) is 0 Å². The zero-order chi connectivity index (χ0) is 14.7. The van der Waals surface area contributed by atoms with Gasteiger partial charge in [-0.05, 0) is 30.3 Å². The number of carboxylic acids is 1. The number of benzene rings is 2. The second-order valence-electron chi connectivity index (χ2n) is 3.97. The van der Waals surface area contributed by atoms with Gasteiger partial charge >= 0.3 is 5.97 Å². The van der Waals surface area contributed by atoms with Crippen LogP contribution in [0.1, 0.15) is 15.9 Å². The number of halogens is 3. The second-order valence-corrected chi connectivity index (χ2v) is 5.74. The Morgan fingerprint density at radius 1 is 1.20 bits per heavy atom. The fourth-order valence-electron chi connectivity index (χ4n) is 1.55. The lowest BCUT2D eigenvalue weighted by Gasteiger charge is -2.09. The van der Waals surface area contributed by atoms with Crippen molar-refractivity contribution < 1.29 is 19.0 Å². The maximum Gasteiger partial charge on any atom is 0.335 e. The highest BCUT2D eigenvalue weighted by Crippen LogP contribution is 2.24. The molecular weight excluding hydrogens is 395 g/mol. The molecule has 1 N–H and O–H groups in total. The molecule has 0 radical (unpaired) electrons. The minimum atomic E-state index is -1.00. The SMILES string of the molecule is O=C(O)c1ccc(COc2ccc(Br)cc2F)c(Br)c1. The van der Waals surface area contributed by atoms with Crippen LogP contribution >= 0.6 is 31.9 Å². The molecule has 0 amide bonds. The van der Waals surface area contributed by atoms with Crippen LogP contribution in [-0.2, 0) is 6.61 Å². The fourth-order valence-corrected chi connectivity index (χ4v) is 2.37. The lowest BCUT2D eigenvalue weighted by Crippen LogP contribution is -2.01. The molecule has 2 aromatic carbocycles. The standard InChI is InChI=1S/C14H9Br2FO3/c15-10-3-4-13(12(17)6-10)20-7-9-2-1-8(14(18)19)5-11(9)16/h1-6H,7H2,(H,18,19). The van der Waals surface area contributed by atoms with Gasteiger partial charge in [0.1, 0.15) is 6.61 Å². The Morgan fingerprint density at radius 2 is 1.95 bits per heavy atom. The first-order valence-corrected chi connectivity index (χ1v) is 7.15. The molecule has 0 aliphatic heterocycles. The van der Waals surface area contributed by atoms with Gasteiger partial charge in [0, 0.05) is 14.5 Å². The van der Waals surface area contributed by atoms with E-state index in [2.05, 4.69) is 31.9 Å². The average Bonchev–Trinajstić information content (AvgIpc) is 2.38. The van der Waals surface area contributed by atoms with Crippen LogP contribution in [0.5, 0.6) is 5.75 Å². The second kappa shape index (κ2) is 6.37. The van der Waals surface area contributed by atoms with Crippen molar-refractivity contribution in [2.75, 3.05) is 0 Å². The summed E-state index contributed by atoms with van der Waals surface area (Å²) in [5, 5.41) is 8.86. The molecule has 0 fully saturated rings. The highest BCUT2D eigenvalue weighted by molar-refractivity contribution is 9.10. The van der Waals surface area contributed by atoms with Gasteiger partial charge in [-0.1, -0.05) is 37.9 Å². The summed E-state index contributed by atoms with van der Waals surface area (Å²) in [6.45, 7) is 0.138. The molecule has 104 valence electrons. The quantitative estimate of drug-likeness (QED) is 0.809. The highest BCUT2D eigenvalue weighted by atomic mass is 79.9. The van der Waals surface area contributed by atoms with E-state index >= 15 is 0 Å². The zero-order valence-electron chi connectivity index (χ0n) is 10.1. The predicted molar refractivity (Wildman–Crippen MR) is 79.5 cm³/mol. The Hall–Kier alpha value is -1.40. The Balaban J connectivity index is 2.13. The fraction of sp³-hybridized carbons (Fsp3) is 0.0714. The molecule has 0 bridgehead atoms. The summed E-state index contributed by atoms with van der Waals surface area (Å²) >= 11 is 6.44. The monoisotopic (exact) mass is 402 g/mol. The molecule has 3 nitrogen and oxygen atoms in total. The van der Waals surface area contributed by atoms with E-state index in [-0.39, 0.29) is 17.9 Å². The van der Waals surface area contributed by atoms with Crippen molar-refractivity contribution in [1.29, 1.82) is 0 Å². The smallest absolute Gasteiger partial charge is 0.335 e. The Bertz CT molecular complexity index is 659. The molecule has 20 heavy (non-hydrogen) atoms. The molecule has 0 saturated carbocycles. The lowest BCUT2D eigenvalue weighted by atomic mass is 10.1. The van der Waals surface area contributed by atoms with Crippen LogP contribution in [0, 0.1) is 5.82 Å². The highest BCUT2D eigenvalue weighted by Gasteiger charge is 2.09. The Morgan fingerprint density at radius 3 is 2.55 bits per heavy atom. The summed E-state index contributed by atoms with van der Waals surface area (Å²) in [5.74, 6) is -1.32. The molecule has 2 aromatic rings. The largest absolute Gasteiger partial charge is 0.486 e. The minimum Gasteiger partial charge on any atom is -0.486 e. The maximum absolute atomic E-state index is 13.6. The van der Waals surface area contributed by atoms with Gasteiger partial charge in [0.15, 0.2) is 11.6 Å². The molecular formula is C14H9Br2FO3. The molecule has 0 atom stereocenters. The van der Waals surface area contributed by atoms with E-state index < -0.39 is 11.8 Å². The van der Waals surface area contributed by atoms with Gasteiger partial charge in [0.25, 0.3) is 0 Å². The van der Waals surface area contributed by atoms with Gasteiger partial charge in [0.05, 0.1) is 5.56 Å². The molecule has 2 rings (SSSR count). The van der Waals surface area contributed by atoms with Crippen LogP contribution in [-0.4, -0.2) is 11.1 Å². The van der Waals surface area contributed by atoms with E-state index in [1.54, 1.807) is 12.1 Å². The maximum atomic E-state index is 13.6. The van der Waals surface area contributed by atoms with E-state index in [0.717, 1.165) is 5.56 Å². The third kappa shape index (κ3) is 3.58. The molecule has 6 heteroatoms. The molecule has 0 heterocycles. The Labute approximate surface area is 131 Å². The molecule has 0 aromatic heterocycles. The average molecular weight is 404 g/mol. The minimum absolute atomic E-state index is 0.138. The van der Waals surface area contributed by atoms with Gasteiger partial charge in [-0.3, -0.25) is 0 Å². The summed E-state index contributed by atoms with van der Waals surface area (Å²) in [7, 11) is 0. The van der Waals surface area contributed by atoms with E-state index in [9.17, 15) is 9.18 Å². The van der Waals surface area contributed by atoms with Crippen LogP contribution in [0.2, 0.25) is 0 Å². The summed E-state index contributed by atoms with van der Waals surface area (Å²) < 4.78 is 20.2. The number of hydrogen-bond donors (Lipinski definition) is 1. The number of carbonyl (C=O) groups is 1. The first kappa shape index (κ1) is 15.0. The topological polar surface area (TPSA) is 46.5 Å². The number of hydrogen-bond acceptors (Lipinski definition) is 2. The van der Waals surface area contributed by atoms with Crippen molar-refractivity contribution in [2.45, 2.75) is 6.61 Å². The number of aromatic carboxylic acids is 1. The predicted octanol–water partition coefficient (Wildman–Crippen LogP) is 4.63. The van der Waals surface area contributed by atoms with Gasteiger partial charge < -0.3 is 9.84 Å². The van der Waals surface area contributed by atoms with Crippen LogP contribution in [0.25, 0.3) is 0 Å². The number of ether oxygens (including phenoxy) is 1. The number of rotatable bonds is 4. The summed E-state index contributed by atoms with van der Waals surface area (Å²) in [6, 6.07) is 9.12. The molecule has 0 unspecified atom stereocenters. The first-order valence-electron chi connectivity index (χ1n) is 5.57. The van der Waals surface area contributed by atoms with Gasteiger partial charge in [-0.25, -0.2) is 9.18 Å². The van der Waals surface area contributed by atoms with E-state index in [1.165, 1.54) is 24.3 Å². The van der Waals surface area contributed by atoms with E-state index in [4.69, 9.17) is 9.84 Å². The molecule has 0 aliphatic rings. The summed E-state index contributed by atoms with van der Waals surface area (Å²) in [5.41, 5.74) is 0.910. The first-order chi connectivity index (χ1) is 9.47. The van der Waals surface area contributed by atoms with Crippen molar-refractivity contribution in [3.8, 4) is 5.75 Å². The zero-order valence-corrected chi connectivity index (χ0v) is 13.2. The van der Waals surface area contributed by atoms with Crippen molar-refractivity contribution >= 4 is 37.8 Å².